The monoisotopic (exact) mass is 600 g/mol. The number of ketones is 1. The van der Waals surface area contributed by atoms with E-state index in [0.29, 0.717) is 24.5 Å². The van der Waals surface area contributed by atoms with Crippen molar-refractivity contribution < 1.29 is 43.2 Å². The number of carboxylic acid groups (broad SMARTS) is 1. The van der Waals surface area contributed by atoms with Crippen LogP contribution in [0.2, 0.25) is 0 Å². The van der Waals surface area contributed by atoms with E-state index in [2.05, 4.69) is 27.7 Å². The fraction of sp³-hybridized carbons (Fsp3) is 0.765. The molecule has 0 heterocycles. The number of carboxylic acids is 1. The molecule has 9 nitrogen and oxygen atoms in total. The average molecular weight is 601 g/mol. The molecular weight excluding hydrogens is 552 g/mol. The minimum Gasteiger partial charge on any atom is -0.498 e. The Morgan fingerprint density at radius 2 is 1.72 bits per heavy atom. The van der Waals surface area contributed by atoms with E-state index in [1.165, 1.54) is 12.7 Å². The van der Waals surface area contributed by atoms with Gasteiger partial charge in [0, 0.05) is 5.92 Å². The van der Waals surface area contributed by atoms with Crippen LogP contribution in [-0.4, -0.2) is 49.3 Å². The SMILES string of the molecule is CO/C(C)=C(/COC(=O)OC1CCC2(C)C(CCC3(C)C4CCC5(C)CCC(C(=O)O)CC5C4=CC(=O)C32)C1C)OC=O. The molecule has 0 radical (unpaired) electrons. The molecule has 10 unspecified atom stereocenters. The number of ether oxygens (including phenoxy) is 4. The van der Waals surface area contributed by atoms with Crippen LogP contribution in [0.3, 0.4) is 0 Å². The van der Waals surface area contributed by atoms with Crippen molar-refractivity contribution in [3.8, 4) is 0 Å². The molecule has 0 saturated heterocycles. The van der Waals surface area contributed by atoms with Crippen molar-refractivity contribution in [3.05, 3.63) is 23.2 Å². The van der Waals surface area contributed by atoms with Crippen LogP contribution in [-0.2, 0) is 33.3 Å². The molecule has 0 amide bonds. The number of rotatable bonds is 7. The molecule has 5 aliphatic rings. The van der Waals surface area contributed by atoms with Crippen LogP contribution < -0.4 is 0 Å². The van der Waals surface area contributed by atoms with E-state index in [0.717, 1.165) is 44.9 Å². The summed E-state index contributed by atoms with van der Waals surface area (Å²) in [5, 5.41) is 9.82. The van der Waals surface area contributed by atoms with Crippen LogP contribution in [0, 0.1) is 51.8 Å². The van der Waals surface area contributed by atoms with Crippen molar-refractivity contribution in [2.75, 3.05) is 13.7 Å². The molecule has 1 N–H and O–H groups in total. The number of carbonyl (C=O) groups is 4. The Balaban J connectivity index is 1.33. The maximum atomic E-state index is 14.2. The quantitative estimate of drug-likeness (QED) is 0.199. The average Bonchev–Trinajstić information content (AvgIpc) is 2.95. The normalized spacial score (nSPS) is 42.4. The van der Waals surface area contributed by atoms with Crippen LogP contribution in [0.4, 0.5) is 4.79 Å². The van der Waals surface area contributed by atoms with Crippen molar-refractivity contribution >= 4 is 24.4 Å². The molecule has 0 aromatic heterocycles. The first-order valence-electron chi connectivity index (χ1n) is 15.9. The third-order valence-electron chi connectivity index (χ3n) is 12.8. The first kappa shape index (κ1) is 31.6. The van der Waals surface area contributed by atoms with Gasteiger partial charge < -0.3 is 24.1 Å². The molecule has 238 valence electrons. The van der Waals surface area contributed by atoms with Gasteiger partial charge in [-0.15, -0.1) is 0 Å². The summed E-state index contributed by atoms with van der Waals surface area (Å²) in [4.78, 5) is 49.7. The molecule has 43 heavy (non-hydrogen) atoms. The molecule has 4 fully saturated rings. The van der Waals surface area contributed by atoms with Crippen molar-refractivity contribution in [2.45, 2.75) is 98.5 Å². The first-order chi connectivity index (χ1) is 20.3. The van der Waals surface area contributed by atoms with E-state index in [4.69, 9.17) is 18.9 Å². The highest BCUT2D eigenvalue weighted by molar-refractivity contribution is 5.95. The van der Waals surface area contributed by atoms with Crippen molar-refractivity contribution in [2.24, 2.45) is 51.8 Å². The largest absolute Gasteiger partial charge is 0.509 e. The van der Waals surface area contributed by atoms with Crippen molar-refractivity contribution in [3.63, 3.8) is 0 Å². The third-order valence-corrected chi connectivity index (χ3v) is 12.8. The van der Waals surface area contributed by atoms with Gasteiger partial charge in [-0.1, -0.05) is 33.3 Å². The van der Waals surface area contributed by atoms with Gasteiger partial charge in [-0.2, -0.15) is 0 Å². The number of aliphatic carboxylic acids is 1. The maximum absolute atomic E-state index is 14.2. The molecule has 0 spiro atoms. The summed E-state index contributed by atoms with van der Waals surface area (Å²) >= 11 is 0. The van der Waals surface area contributed by atoms with Gasteiger partial charge in [-0.3, -0.25) is 14.4 Å². The summed E-state index contributed by atoms with van der Waals surface area (Å²) in [6, 6.07) is 0. The van der Waals surface area contributed by atoms with Crippen LogP contribution in [0.15, 0.2) is 23.2 Å². The molecule has 9 heteroatoms. The Morgan fingerprint density at radius 1 is 1.02 bits per heavy atom. The Kier molecular flexibility index (Phi) is 8.51. The zero-order valence-electron chi connectivity index (χ0n) is 26.5. The number of methoxy groups -OCH3 is 1. The lowest BCUT2D eigenvalue weighted by Gasteiger charge is -2.65. The van der Waals surface area contributed by atoms with Crippen LogP contribution >= 0.6 is 0 Å². The Labute approximate surface area is 254 Å². The molecule has 0 aromatic carbocycles. The van der Waals surface area contributed by atoms with E-state index >= 15 is 0 Å². The maximum Gasteiger partial charge on any atom is 0.509 e. The first-order valence-corrected chi connectivity index (χ1v) is 15.9. The smallest absolute Gasteiger partial charge is 0.498 e. The second-order valence-electron chi connectivity index (χ2n) is 14.7. The van der Waals surface area contributed by atoms with E-state index < -0.39 is 12.1 Å². The number of hydrogen-bond acceptors (Lipinski definition) is 8. The van der Waals surface area contributed by atoms with E-state index in [1.54, 1.807) is 6.92 Å². The summed E-state index contributed by atoms with van der Waals surface area (Å²) in [5.74, 6) is 0.175. The van der Waals surface area contributed by atoms with Crippen molar-refractivity contribution in [1.29, 1.82) is 0 Å². The minimum atomic E-state index is -0.823. The summed E-state index contributed by atoms with van der Waals surface area (Å²) in [7, 11) is 1.43. The van der Waals surface area contributed by atoms with Crippen LogP contribution in [0.1, 0.15) is 92.4 Å². The highest BCUT2D eigenvalue weighted by Crippen LogP contribution is 2.69. The number of fused-ring (bicyclic) bond motifs is 7. The number of hydrogen-bond donors (Lipinski definition) is 1. The zero-order chi connectivity index (χ0) is 31.3. The summed E-state index contributed by atoms with van der Waals surface area (Å²) in [6.45, 7) is 10.6. The van der Waals surface area contributed by atoms with Gasteiger partial charge in [-0.25, -0.2) is 4.79 Å². The molecule has 5 rings (SSSR count). The van der Waals surface area contributed by atoms with E-state index in [1.807, 2.05) is 6.08 Å². The van der Waals surface area contributed by atoms with Gasteiger partial charge in [0.1, 0.15) is 11.9 Å². The Hall–Kier alpha value is -2.84. The molecule has 0 aromatic rings. The fourth-order valence-corrected chi connectivity index (χ4v) is 10.4. The van der Waals surface area contributed by atoms with Crippen molar-refractivity contribution in [1.82, 2.24) is 0 Å². The Morgan fingerprint density at radius 3 is 2.40 bits per heavy atom. The van der Waals surface area contributed by atoms with Gasteiger partial charge in [0.05, 0.1) is 13.0 Å². The molecule has 5 aliphatic carbocycles. The van der Waals surface area contributed by atoms with Gasteiger partial charge >= 0.3 is 12.1 Å². The second kappa shape index (κ2) is 11.6. The Bertz CT molecular complexity index is 1220. The predicted octanol–water partition coefficient (Wildman–Crippen LogP) is 6.45. The lowest BCUT2D eigenvalue weighted by Crippen LogP contribution is -2.62. The molecule has 0 aliphatic heterocycles. The van der Waals surface area contributed by atoms with Gasteiger partial charge in [0.25, 0.3) is 6.47 Å². The lowest BCUT2D eigenvalue weighted by atomic mass is 9.38. The van der Waals surface area contributed by atoms with Crippen LogP contribution in [0.5, 0.6) is 0 Å². The summed E-state index contributed by atoms with van der Waals surface area (Å²) < 4.78 is 21.0. The van der Waals surface area contributed by atoms with Gasteiger partial charge in [0.15, 0.2) is 18.1 Å². The standard InChI is InChI=1S/C34H48O9/c1-19-23-9-13-34(5)24-8-12-32(3)11-7-21(30(37)38)15-25(32)22(24)16-26(36)29(34)33(23,4)14-10-27(19)43-31(39)41-17-28(42-18-35)20(2)40-6/h16,18-19,21,23-25,27,29H,7-15,17H2,1-6H3,(H,37,38)/b28-20-. The lowest BCUT2D eigenvalue weighted by molar-refractivity contribution is -0.171. The van der Waals surface area contributed by atoms with Gasteiger partial charge in [0.2, 0.25) is 0 Å². The second-order valence-corrected chi connectivity index (χ2v) is 14.7. The highest BCUT2D eigenvalue weighted by Gasteiger charge is 2.65. The minimum absolute atomic E-state index is 0.0419. The van der Waals surface area contributed by atoms with Gasteiger partial charge in [-0.05, 0) is 111 Å². The summed E-state index contributed by atoms with van der Waals surface area (Å²) in [5.41, 5.74) is 0.899. The third kappa shape index (κ3) is 5.28. The predicted molar refractivity (Wildman–Crippen MR) is 156 cm³/mol. The number of carbonyl (C=O) groups excluding carboxylic acids is 3. The molecule has 4 saturated carbocycles. The van der Waals surface area contributed by atoms with Crippen LogP contribution in [0.25, 0.3) is 0 Å². The number of allylic oxidation sites excluding steroid dienone is 3. The topological polar surface area (TPSA) is 125 Å². The zero-order valence-corrected chi connectivity index (χ0v) is 26.5. The fourth-order valence-electron chi connectivity index (χ4n) is 10.4. The molecule has 0 bridgehead atoms. The molecular formula is C34H48O9. The van der Waals surface area contributed by atoms with E-state index in [-0.39, 0.29) is 76.6 Å². The highest BCUT2D eigenvalue weighted by atomic mass is 16.7. The van der Waals surface area contributed by atoms with E-state index in [9.17, 15) is 24.3 Å². The molecule has 10 atom stereocenters. The summed E-state index contributed by atoms with van der Waals surface area (Å²) in [6.07, 6.45) is 8.46.